The van der Waals surface area contributed by atoms with Crippen LogP contribution in [0.3, 0.4) is 0 Å². The van der Waals surface area contributed by atoms with E-state index < -0.39 is 0 Å². The summed E-state index contributed by atoms with van der Waals surface area (Å²) < 4.78 is 2.59. The maximum absolute atomic E-state index is 5.32. The lowest BCUT2D eigenvalue weighted by Crippen LogP contribution is -1.98. The van der Waals surface area contributed by atoms with Crippen LogP contribution in [0.15, 0.2) is 200 Å². The molecule has 0 fully saturated rings. The van der Waals surface area contributed by atoms with Gasteiger partial charge in [-0.3, -0.25) is 4.98 Å². The van der Waals surface area contributed by atoms with Crippen LogP contribution in [0.1, 0.15) is 0 Å². The topological polar surface area (TPSA) is 38.7 Å². The Hall–Kier alpha value is -7.01. The summed E-state index contributed by atoms with van der Waals surface area (Å²) in [6.07, 6.45) is 3.67. The fourth-order valence-corrected chi connectivity index (χ4v) is 8.63. The number of nitrogens with zero attached hydrogens (tertiary/aromatic N) is 3. The van der Waals surface area contributed by atoms with Gasteiger partial charge in [0.05, 0.1) is 11.4 Å². The van der Waals surface area contributed by atoms with Gasteiger partial charge in [-0.25, -0.2) is 9.97 Å². The predicted octanol–water partition coefficient (Wildman–Crippen LogP) is 13.9. The number of benzene rings is 7. The van der Waals surface area contributed by atoms with Gasteiger partial charge < -0.3 is 0 Å². The quantitative estimate of drug-likeness (QED) is 0.165. The van der Waals surface area contributed by atoms with Crippen LogP contribution >= 0.6 is 11.3 Å². The van der Waals surface area contributed by atoms with Crippen molar-refractivity contribution in [2.45, 2.75) is 0 Å². The summed E-state index contributed by atoms with van der Waals surface area (Å²) in [6.45, 7) is 0. The summed E-state index contributed by atoms with van der Waals surface area (Å²) in [7, 11) is 0. The average Bonchev–Trinajstić information content (AvgIpc) is 3.65. The van der Waals surface area contributed by atoms with E-state index in [0.717, 1.165) is 55.9 Å². The summed E-state index contributed by atoms with van der Waals surface area (Å²) >= 11 is 1.84. The second-order valence-corrected chi connectivity index (χ2v) is 14.7. The number of rotatable bonds is 7. The molecule has 0 saturated carbocycles. The van der Waals surface area contributed by atoms with Gasteiger partial charge in [0.15, 0.2) is 5.82 Å². The molecule has 0 N–H and O–H groups in total. The zero-order chi connectivity index (χ0) is 36.6. The van der Waals surface area contributed by atoms with E-state index in [0.29, 0.717) is 5.82 Å². The van der Waals surface area contributed by atoms with Crippen molar-refractivity contribution in [1.29, 1.82) is 0 Å². The van der Waals surface area contributed by atoms with Crippen molar-refractivity contribution in [1.82, 2.24) is 15.0 Å². The minimum absolute atomic E-state index is 0.681. The highest BCUT2D eigenvalue weighted by molar-refractivity contribution is 7.25. The van der Waals surface area contributed by atoms with E-state index in [9.17, 15) is 0 Å². The van der Waals surface area contributed by atoms with Crippen LogP contribution in [0.4, 0.5) is 0 Å². The number of pyridine rings is 1. The van der Waals surface area contributed by atoms with Crippen LogP contribution in [0.2, 0.25) is 0 Å². The molecule has 0 amide bonds. The third kappa shape index (κ3) is 6.29. The maximum atomic E-state index is 5.32. The van der Waals surface area contributed by atoms with Crippen molar-refractivity contribution < 1.29 is 0 Å². The van der Waals surface area contributed by atoms with Crippen molar-refractivity contribution in [3.05, 3.63) is 200 Å². The van der Waals surface area contributed by atoms with E-state index in [1.54, 1.807) is 0 Å². The minimum Gasteiger partial charge on any atom is -0.265 e. The van der Waals surface area contributed by atoms with E-state index in [-0.39, 0.29) is 0 Å². The van der Waals surface area contributed by atoms with Gasteiger partial charge in [0, 0.05) is 49.3 Å². The Bertz CT molecular complexity index is 2970. The molecular weight excluding hydrogens is 687 g/mol. The predicted molar refractivity (Wildman–Crippen MR) is 231 cm³/mol. The molecule has 10 aromatic rings. The third-order valence-corrected chi connectivity index (χ3v) is 11.4. The van der Waals surface area contributed by atoms with E-state index >= 15 is 0 Å². The largest absolute Gasteiger partial charge is 0.265 e. The maximum Gasteiger partial charge on any atom is 0.160 e. The lowest BCUT2D eigenvalue weighted by molar-refractivity contribution is 1.18. The van der Waals surface area contributed by atoms with Gasteiger partial charge >= 0.3 is 0 Å². The van der Waals surface area contributed by atoms with E-state index in [1.165, 1.54) is 36.9 Å². The summed E-state index contributed by atoms with van der Waals surface area (Å²) in [5, 5.41) is 2.56. The lowest BCUT2D eigenvalue weighted by Gasteiger charge is -2.16. The summed E-state index contributed by atoms with van der Waals surface area (Å²) in [5.41, 5.74) is 13.9. The molecule has 0 unspecified atom stereocenters. The van der Waals surface area contributed by atoms with Gasteiger partial charge in [0.25, 0.3) is 0 Å². The third-order valence-electron chi connectivity index (χ3n) is 10.2. The smallest absolute Gasteiger partial charge is 0.160 e. The molecule has 10 rings (SSSR count). The Morgan fingerprint density at radius 1 is 0.309 bits per heavy atom. The van der Waals surface area contributed by atoms with Crippen LogP contribution in [0.25, 0.3) is 98.6 Å². The van der Waals surface area contributed by atoms with Crippen molar-refractivity contribution in [2.75, 3.05) is 0 Å². The highest BCUT2D eigenvalue weighted by Gasteiger charge is 2.17. The second-order valence-electron chi connectivity index (χ2n) is 13.6. The van der Waals surface area contributed by atoms with Gasteiger partial charge in [0.2, 0.25) is 0 Å². The Kier molecular flexibility index (Phi) is 8.36. The summed E-state index contributed by atoms with van der Waals surface area (Å²) in [5.74, 6) is 0.681. The van der Waals surface area contributed by atoms with Gasteiger partial charge in [-0.15, -0.1) is 11.3 Å². The average molecular weight is 720 g/mol. The fourth-order valence-electron chi connectivity index (χ4n) is 7.55. The molecule has 0 aliphatic rings. The zero-order valence-corrected chi connectivity index (χ0v) is 30.6. The van der Waals surface area contributed by atoms with Crippen molar-refractivity contribution in [3.8, 4) is 78.4 Å². The van der Waals surface area contributed by atoms with Crippen LogP contribution in [0, 0.1) is 0 Å². The normalized spacial score (nSPS) is 11.3. The van der Waals surface area contributed by atoms with Gasteiger partial charge in [-0.1, -0.05) is 133 Å². The van der Waals surface area contributed by atoms with Gasteiger partial charge in [-0.2, -0.15) is 0 Å². The minimum atomic E-state index is 0.681. The first-order valence-electron chi connectivity index (χ1n) is 18.4. The Labute approximate surface area is 323 Å². The molecule has 0 saturated heterocycles. The highest BCUT2D eigenvalue weighted by Crippen LogP contribution is 2.41. The van der Waals surface area contributed by atoms with E-state index in [1.807, 2.05) is 54.1 Å². The Morgan fingerprint density at radius 3 is 1.62 bits per heavy atom. The molecule has 258 valence electrons. The molecule has 3 aromatic heterocycles. The van der Waals surface area contributed by atoms with Crippen molar-refractivity contribution in [3.63, 3.8) is 0 Å². The van der Waals surface area contributed by atoms with E-state index in [4.69, 9.17) is 9.97 Å². The van der Waals surface area contributed by atoms with E-state index in [2.05, 4.69) is 163 Å². The second kappa shape index (κ2) is 14.1. The monoisotopic (exact) mass is 719 g/mol. The van der Waals surface area contributed by atoms with Crippen LogP contribution in [-0.2, 0) is 0 Å². The van der Waals surface area contributed by atoms with Crippen molar-refractivity contribution >= 4 is 31.5 Å². The number of hydrogen-bond acceptors (Lipinski definition) is 4. The molecule has 3 heterocycles. The first-order valence-corrected chi connectivity index (χ1v) is 19.2. The molecule has 0 radical (unpaired) electrons. The molecular formula is C51H33N3S. The van der Waals surface area contributed by atoms with Crippen LogP contribution in [0.5, 0.6) is 0 Å². The molecule has 0 aliphatic heterocycles. The van der Waals surface area contributed by atoms with Crippen LogP contribution < -0.4 is 0 Å². The number of thiophene rings is 1. The number of fused-ring (bicyclic) bond motifs is 3. The summed E-state index contributed by atoms with van der Waals surface area (Å²) in [4.78, 5) is 14.8. The zero-order valence-electron chi connectivity index (χ0n) is 29.8. The fraction of sp³-hybridized carbons (Fsp3) is 0. The molecule has 0 spiro atoms. The number of hydrogen-bond donors (Lipinski definition) is 0. The van der Waals surface area contributed by atoms with Crippen LogP contribution in [-0.4, -0.2) is 15.0 Å². The summed E-state index contributed by atoms with van der Waals surface area (Å²) in [6, 6.07) is 66.8. The Balaban J connectivity index is 1.22. The molecule has 0 atom stereocenters. The molecule has 55 heavy (non-hydrogen) atoms. The van der Waals surface area contributed by atoms with Crippen molar-refractivity contribution in [2.24, 2.45) is 0 Å². The molecule has 4 heteroatoms. The molecule has 3 nitrogen and oxygen atoms in total. The van der Waals surface area contributed by atoms with Gasteiger partial charge in [0.1, 0.15) is 0 Å². The highest BCUT2D eigenvalue weighted by atomic mass is 32.1. The lowest BCUT2D eigenvalue weighted by atomic mass is 9.90. The molecule has 0 aliphatic carbocycles. The first kappa shape index (κ1) is 32.6. The first-order chi connectivity index (χ1) is 27.2. The van der Waals surface area contributed by atoms with Gasteiger partial charge in [-0.05, 0) is 99.1 Å². The standard InChI is InChI=1S/C51H33N3S/c1-3-13-34(14-4-1)41-17-7-8-19-43(41)39-29-38(37-23-24-50-46(32-37)45-21-11-12-22-49(45)55-50)30-40(31-39)47-33-48(54-51(53-47)36-15-5-2-6-16-36)44-20-10-9-18-42(44)35-25-27-52-28-26-35/h1-33H. The number of aromatic nitrogens is 3. The molecule has 0 bridgehead atoms. The SMILES string of the molecule is c1ccc(-c2nc(-c3cc(-c4ccc5sc6ccccc6c5c4)cc(-c4ccccc4-c4ccccc4)c3)cc(-c3ccccc3-c3ccncc3)n2)cc1. The molecule has 7 aromatic carbocycles. The Morgan fingerprint density at radius 2 is 0.855 bits per heavy atom.